The van der Waals surface area contributed by atoms with Crippen molar-refractivity contribution in [2.75, 3.05) is 26.8 Å². The second-order valence-electron chi connectivity index (χ2n) is 5.83. The summed E-state index contributed by atoms with van der Waals surface area (Å²) < 4.78 is 16.4. The van der Waals surface area contributed by atoms with Crippen LogP contribution in [0.3, 0.4) is 0 Å². The number of amides is 1. The number of nitriles is 1. The van der Waals surface area contributed by atoms with Gasteiger partial charge in [0, 0.05) is 25.2 Å². The summed E-state index contributed by atoms with van der Waals surface area (Å²) in [5, 5.41) is 8.91. The molecule has 0 aliphatic carbocycles. The van der Waals surface area contributed by atoms with Crippen LogP contribution in [0.4, 0.5) is 0 Å². The van der Waals surface area contributed by atoms with E-state index in [-0.39, 0.29) is 18.6 Å². The number of methoxy groups -OCH3 is 1. The van der Waals surface area contributed by atoms with Gasteiger partial charge in [-0.1, -0.05) is 0 Å². The molecule has 7 nitrogen and oxygen atoms in total. The summed E-state index contributed by atoms with van der Waals surface area (Å²) in [5.74, 6) is 1.66. The highest BCUT2D eigenvalue weighted by atomic mass is 16.5. The average Bonchev–Trinajstić information content (AvgIpc) is 3.15. The van der Waals surface area contributed by atoms with E-state index in [2.05, 4.69) is 4.98 Å². The van der Waals surface area contributed by atoms with E-state index in [0.29, 0.717) is 36.7 Å². The van der Waals surface area contributed by atoms with Crippen molar-refractivity contribution in [1.29, 1.82) is 5.26 Å². The van der Waals surface area contributed by atoms with E-state index in [0.717, 1.165) is 5.75 Å². The fraction of sp³-hybridized carbons (Fsp3) is 0.316. The maximum absolute atomic E-state index is 12.3. The van der Waals surface area contributed by atoms with Gasteiger partial charge in [-0.25, -0.2) is 4.98 Å². The summed E-state index contributed by atoms with van der Waals surface area (Å²) in [5.41, 5.74) is 0.494. The Balaban J connectivity index is 1.48. The molecule has 134 valence electrons. The molecule has 1 atom stereocenters. The standard InChI is InChI=1S/C19H19N3O4/c1-24-15-2-4-16(5-3-15)25-13-19(23)22-9-7-17(12-22)26-18-10-14(11-20)6-8-21-18/h2-6,8,10,17H,7,9,12-13H2,1H3. The molecular weight excluding hydrogens is 334 g/mol. The molecule has 0 bridgehead atoms. The molecule has 1 aliphatic rings. The quantitative estimate of drug-likeness (QED) is 0.790. The first-order chi connectivity index (χ1) is 12.7. The first-order valence-corrected chi connectivity index (χ1v) is 8.25. The highest BCUT2D eigenvalue weighted by molar-refractivity contribution is 5.78. The van der Waals surface area contributed by atoms with Crippen LogP contribution in [0, 0.1) is 11.3 Å². The third-order valence-corrected chi connectivity index (χ3v) is 4.07. The van der Waals surface area contributed by atoms with Crippen molar-refractivity contribution in [3.05, 3.63) is 48.2 Å². The minimum Gasteiger partial charge on any atom is -0.497 e. The second-order valence-corrected chi connectivity index (χ2v) is 5.83. The van der Waals surface area contributed by atoms with Gasteiger partial charge in [0.1, 0.15) is 17.6 Å². The number of hydrogen-bond donors (Lipinski definition) is 0. The van der Waals surface area contributed by atoms with E-state index in [1.807, 2.05) is 6.07 Å². The van der Waals surface area contributed by atoms with Crippen molar-refractivity contribution < 1.29 is 19.0 Å². The van der Waals surface area contributed by atoms with E-state index >= 15 is 0 Å². The molecule has 1 fully saturated rings. The zero-order valence-corrected chi connectivity index (χ0v) is 14.4. The Hall–Kier alpha value is -3.27. The molecule has 1 aliphatic heterocycles. The maximum Gasteiger partial charge on any atom is 0.260 e. The minimum atomic E-state index is -0.138. The lowest BCUT2D eigenvalue weighted by Gasteiger charge is -2.17. The molecule has 26 heavy (non-hydrogen) atoms. The van der Waals surface area contributed by atoms with Gasteiger partial charge in [0.15, 0.2) is 6.61 Å². The van der Waals surface area contributed by atoms with Crippen LogP contribution in [0.15, 0.2) is 42.6 Å². The second kappa shape index (κ2) is 8.21. The van der Waals surface area contributed by atoms with Crippen molar-refractivity contribution in [3.63, 3.8) is 0 Å². The molecule has 3 rings (SSSR count). The van der Waals surface area contributed by atoms with E-state index in [9.17, 15) is 4.79 Å². The molecule has 0 saturated carbocycles. The van der Waals surface area contributed by atoms with E-state index < -0.39 is 0 Å². The Kier molecular flexibility index (Phi) is 5.54. The van der Waals surface area contributed by atoms with Crippen molar-refractivity contribution in [1.82, 2.24) is 9.88 Å². The van der Waals surface area contributed by atoms with E-state index in [1.165, 1.54) is 6.20 Å². The summed E-state index contributed by atoms with van der Waals surface area (Å²) in [6.45, 7) is 1.05. The van der Waals surface area contributed by atoms with Crippen LogP contribution in [0.2, 0.25) is 0 Å². The smallest absolute Gasteiger partial charge is 0.260 e. The van der Waals surface area contributed by atoms with Gasteiger partial charge in [-0.2, -0.15) is 5.26 Å². The van der Waals surface area contributed by atoms with E-state index in [1.54, 1.807) is 48.4 Å². The lowest BCUT2D eigenvalue weighted by Crippen LogP contribution is -2.34. The van der Waals surface area contributed by atoms with Gasteiger partial charge >= 0.3 is 0 Å². The van der Waals surface area contributed by atoms with Gasteiger partial charge in [0.05, 0.1) is 25.3 Å². The predicted molar refractivity (Wildman–Crippen MR) is 93.1 cm³/mol. The number of benzene rings is 1. The van der Waals surface area contributed by atoms with Gasteiger partial charge in [0.25, 0.3) is 5.91 Å². The molecule has 1 aromatic carbocycles. The van der Waals surface area contributed by atoms with E-state index in [4.69, 9.17) is 19.5 Å². The zero-order chi connectivity index (χ0) is 18.4. The average molecular weight is 353 g/mol. The highest BCUT2D eigenvalue weighted by Crippen LogP contribution is 2.19. The fourth-order valence-corrected chi connectivity index (χ4v) is 2.67. The third-order valence-electron chi connectivity index (χ3n) is 4.07. The maximum atomic E-state index is 12.3. The molecule has 1 amide bonds. The van der Waals surface area contributed by atoms with Crippen LogP contribution in [0.5, 0.6) is 17.4 Å². The normalized spacial score (nSPS) is 16.0. The van der Waals surface area contributed by atoms with Gasteiger partial charge in [0.2, 0.25) is 5.88 Å². The number of ether oxygens (including phenoxy) is 3. The van der Waals surface area contributed by atoms with Gasteiger partial charge < -0.3 is 19.1 Å². The van der Waals surface area contributed by atoms with Crippen LogP contribution < -0.4 is 14.2 Å². The SMILES string of the molecule is COc1ccc(OCC(=O)N2CCC(Oc3cc(C#N)ccn3)C2)cc1. The number of rotatable bonds is 6. The molecular formula is C19H19N3O4. The molecule has 1 saturated heterocycles. The number of hydrogen-bond acceptors (Lipinski definition) is 6. The van der Waals surface area contributed by atoms with Crippen molar-refractivity contribution in [3.8, 4) is 23.4 Å². The molecule has 1 aromatic heterocycles. The molecule has 7 heteroatoms. The Morgan fingerprint density at radius 3 is 2.81 bits per heavy atom. The van der Waals surface area contributed by atoms with Gasteiger partial charge in [-0.3, -0.25) is 4.79 Å². The lowest BCUT2D eigenvalue weighted by molar-refractivity contribution is -0.132. The summed E-state index contributed by atoms with van der Waals surface area (Å²) >= 11 is 0. The van der Waals surface area contributed by atoms with Crippen molar-refractivity contribution >= 4 is 5.91 Å². The molecule has 0 spiro atoms. The van der Waals surface area contributed by atoms with Crippen molar-refractivity contribution in [2.45, 2.75) is 12.5 Å². The van der Waals surface area contributed by atoms with Crippen LogP contribution >= 0.6 is 0 Å². The predicted octanol–water partition coefficient (Wildman–Crippen LogP) is 2.02. The molecule has 0 N–H and O–H groups in total. The van der Waals surface area contributed by atoms with Crippen LogP contribution in [0.25, 0.3) is 0 Å². The third kappa shape index (κ3) is 4.42. The van der Waals surface area contributed by atoms with Crippen LogP contribution in [-0.2, 0) is 4.79 Å². The Labute approximate surface area is 151 Å². The number of likely N-dealkylation sites (tertiary alicyclic amines) is 1. The molecule has 2 aromatic rings. The summed E-state index contributed by atoms with van der Waals surface area (Å²) in [6, 6.07) is 12.3. The van der Waals surface area contributed by atoms with Gasteiger partial charge in [-0.05, 0) is 30.3 Å². The topological polar surface area (TPSA) is 84.7 Å². The summed E-state index contributed by atoms with van der Waals surface area (Å²) in [6.07, 6.45) is 2.11. The number of carbonyl (C=O) groups excluding carboxylic acids is 1. The number of aromatic nitrogens is 1. The van der Waals surface area contributed by atoms with Crippen LogP contribution in [0.1, 0.15) is 12.0 Å². The molecule has 0 radical (unpaired) electrons. The molecule has 1 unspecified atom stereocenters. The minimum absolute atomic E-state index is 0.0266. The first kappa shape index (κ1) is 17.5. The summed E-state index contributed by atoms with van der Waals surface area (Å²) in [4.78, 5) is 18.1. The van der Waals surface area contributed by atoms with Crippen molar-refractivity contribution in [2.24, 2.45) is 0 Å². The largest absolute Gasteiger partial charge is 0.497 e. The van der Waals surface area contributed by atoms with Gasteiger partial charge in [-0.15, -0.1) is 0 Å². The number of nitrogens with zero attached hydrogens (tertiary/aromatic N) is 3. The Morgan fingerprint density at radius 1 is 1.31 bits per heavy atom. The molecule has 2 heterocycles. The fourth-order valence-electron chi connectivity index (χ4n) is 2.67. The monoisotopic (exact) mass is 353 g/mol. The van der Waals surface area contributed by atoms with Crippen LogP contribution in [-0.4, -0.2) is 48.7 Å². The Bertz CT molecular complexity index is 801. The lowest BCUT2D eigenvalue weighted by atomic mass is 10.3. The Morgan fingerprint density at radius 2 is 2.08 bits per heavy atom. The summed E-state index contributed by atoms with van der Waals surface area (Å²) in [7, 11) is 1.59. The number of carbonyl (C=O) groups is 1. The first-order valence-electron chi connectivity index (χ1n) is 8.25. The zero-order valence-electron chi connectivity index (χ0n) is 14.4. The number of pyridine rings is 1. The highest BCUT2D eigenvalue weighted by Gasteiger charge is 2.28.